The van der Waals surface area contributed by atoms with Crippen LogP contribution in [0.25, 0.3) is 0 Å². The van der Waals surface area contributed by atoms with Crippen LogP contribution in [0.5, 0.6) is 0 Å². The number of thiol groups is 1. The average Bonchev–Trinajstić information content (AvgIpc) is 2.84. The highest BCUT2D eigenvalue weighted by Gasteiger charge is 2.37. The first kappa shape index (κ1) is 38.5. The molecule has 0 atom stereocenters. The van der Waals surface area contributed by atoms with E-state index >= 15 is 0 Å². The molecule has 1 N–H and O–H groups in total. The van der Waals surface area contributed by atoms with Crippen molar-refractivity contribution in [3.8, 4) is 0 Å². The third-order valence-corrected chi connectivity index (χ3v) is 8.41. The minimum atomic E-state index is -4.31. The number of rotatable bonds is 28. The zero-order chi connectivity index (χ0) is 29.6. The molecule has 8 nitrogen and oxygen atoms in total. The number of carbonyl (C=O) groups excluding carboxylic acids is 1. The van der Waals surface area contributed by atoms with Crippen LogP contribution in [0.4, 0.5) is 0 Å². The lowest BCUT2D eigenvalue weighted by Gasteiger charge is -2.33. The van der Waals surface area contributed by atoms with Crippen LogP contribution < -0.4 is 0 Å². The third-order valence-electron chi connectivity index (χ3n) is 7.55. The summed E-state index contributed by atoms with van der Waals surface area (Å²) in [5, 5.41) is 0. The largest absolute Gasteiger partial charge is 0.397 e. The molecule has 0 aromatic carbocycles. The fourth-order valence-corrected chi connectivity index (χ4v) is 5.87. The molecule has 0 aliphatic carbocycles. The van der Waals surface area contributed by atoms with Gasteiger partial charge in [0.15, 0.2) is 0 Å². The Morgan fingerprint density at radius 3 is 1.23 bits per heavy atom. The van der Waals surface area contributed by atoms with E-state index in [2.05, 4.69) is 36.1 Å². The molecule has 234 valence electrons. The maximum Gasteiger partial charge on any atom is 0.397 e. The van der Waals surface area contributed by atoms with Crippen molar-refractivity contribution in [2.75, 3.05) is 13.2 Å². The Kier molecular flexibility index (Phi) is 21.8. The molecular formula is C29H58O8S2. The lowest BCUT2D eigenvalue weighted by molar-refractivity contribution is -0.136. The first-order valence-corrected chi connectivity index (χ1v) is 17.7. The van der Waals surface area contributed by atoms with Gasteiger partial charge in [0.1, 0.15) is 5.78 Å². The molecule has 0 bridgehead atoms. The van der Waals surface area contributed by atoms with Crippen LogP contribution in [0.3, 0.4) is 0 Å². The van der Waals surface area contributed by atoms with Gasteiger partial charge in [0.05, 0.1) is 13.2 Å². The molecule has 0 amide bonds. The molecule has 0 aromatic rings. The van der Waals surface area contributed by atoms with Crippen molar-refractivity contribution in [2.24, 2.45) is 10.8 Å². The number of Topliss-reactive ketones (excluding diaryl/α,β-unsaturated/α-hetero) is 1. The van der Waals surface area contributed by atoms with E-state index < -0.39 is 21.4 Å². The number of hydrogen-bond donors (Lipinski definition) is 2. The zero-order valence-corrected chi connectivity index (χ0v) is 26.9. The van der Waals surface area contributed by atoms with Crippen molar-refractivity contribution in [3.63, 3.8) is 0 Å². The monoisotopic (exact) mass is 598 g/mol. The molecule has 0 aromatic heterocycles. The van der Waals surface area contributed by atoms with Gasteiger partial charge in [-0.2, -0.15) is 8.42 Å². The molecule has 0 radical (unpaired) electrons. The predicted molar refractivity (Wildman–Crippen MR) is 159 cm³/mol. The molecule has 39 heavy (non-hydrogen) atoms. The summed E-state index contributed by atoms with van der Waals surface area (Å²) in [6.07, 6.45) is 21.3. The Labute approximate surface area is 241 Å². The van der Waals surface area contributed by atoms with Gasteiger partial charge in [0.2, 0.25) is 0 Å². The summed E-state index contributed by atoms with van der Waals surface area (Å²) in [4.78, 5) is 13.3. The molecule has 0 rings (SSSR count). The van der Waals surface area contributed by atoms with Crippen molar-refractivity contribution in [1.82, 2.24) is 0 Å². The van der Waals surface area contributed by atoms with Crippen LogP contribution in [0.2, 0.25) is 0 Å². The molecular weight excluding hydrogens is 540 g/mol. The SMILES string of the molecule is CC(C)(CCCCCCCCCCCO[SH](=O)=O)C(=O)C(C)(C)CCCCCCCCCCCOS(=O)(=O)O. The van der Waals surface area contributed by atoms with Crippen molar-refractivity contribution in [2.45, 2.75) is 156 Å². The smallest absolute Gasteiger partial charge is 0.299 e. The van der Waals surface area contributed by atoms with Crippen molar-refractivity contribution >= 4 is 27.2 Å². The molecule has 0 spiro atoms. The van der Waals surface area contributed by atoms with Crippen molar-refractivity contribution in [3.05, 3.63) is 0 Å². The van der Waals surface area contributed by atoms with E-state index in [4.69, 9.17) is 4.55 Å². The summed E-state index contributed by atoms with van der Waals surface area (Å²) in [5.41, 5.74) is -0.575. The summed E-state index contributed by atoms with van der Waals surface area (Å²) >= 11 is 0. The van der Waals surface area contributed by atoms with Gasteiger partial charge >= 0.3 is 10.4 Å². The Morgan fingerprint density at radius 1 is 0.590 bits per heavy atom. The highest BCUT2D eigenvalue weighted by molar-refractivity contribution is 7.80. The van der Waals surface area contributed by atoms with Gasteiger partial charge < -0.3 is 0 Å². The molecule has 0 heterocycles. The van der Waals surface area contributed by atoms with Crippen LogP contribution in [0.15, 0.2) is 0 Å². The molecule has 0 saturated heterocycles. The van der Waals surface area contributed by atoms with Crippen LogP contribution in [-0.2, 0) is 34.5 Å². The number of hydrogen-bond acceptors (Lipinski definition) is 7. The molecule has 0 aliphatic heterocycles. The van der Waals surface area contributed by atoms with Gasteiger partial charge in [-0.25, -0.2) is 12.6 Å². The van der Waals surface area contributed by atoms with E-state index in [0.717, 1.165) is 77.0 Å². The molecule has 10 heteroatoms. The van der Waals surface area contributed by atoms with Gasteiger partial charge in [-0.15, -0.1) is 0 Å². The van der Waals surface area contributed by atoms with Gasteiger partial charge in [0, 0.05) is 10.8 Å². The lowest BCUT2D eigenvalue weighted by Crippen LogP contribution is -2.37. The summed E-state index contributed by atoms with van der Waals surface area (Å²) < 4.78 is 59.0. The summed E-state index contributed by atoms with van der Waals surface area (Å²) in [6.45, 7) is 8.78. The van der Waals surface area contributed by atoms with Gasteiger partial charge in [-0.1, -0.05) is 130 Å². The van der Waals surface area contributed by atoms with E-state index in [1.54, 1.807) is 0 Å². The summed E-state index contributed by atoms with van der Waals surface area (Å²) in [5.74, 6) is 0.387. The van der Waals surface area contributed by atoms with Gasteiger partial charge in [-0.3, -0.25) is 13.5 Å². The zero-order valence-electron chi connectivity index (χ0n) is 25.2. The Bertz CT molecular complexity index is 796. The van der Waals surface area contributed by atoms with Crippen LogP contribution >= 0.6 is 0 Å². The minimum absolute atomic E-state index is 0.0433. The van der Waals surface area contributed by atoms with E-state index in [1.807, 2.05) is 0 Å². The average molecular weight is 599 g/mol. The van der Waals surface area contributed by atoms with Crippen LogP contribution in [0, 0.1) is 10.8 Å². The molecule has 0 unspecified atom stereocenters. The Hall–Kier alpha value is -0.550. The Balaban J connectivity index is 3.80. The first-order valence-electron chi connectivity index (χ1n) is 15.2. The van der Waals surface area contributed by atoms with Crippen molar-refractivity contribution < 1.29 is 34.5 Å². The predicted octanol–water partition coefficient (Wildman–Crippen LogP) is 7.77. The maximum absolute atomic E-state index is 13.3. The fourth-order valence-electron chi connectivity index (χ4n) is 5.26. The normalized spacial score (nSPS) is 12.9. The van der Waals surface area contributed by atoms with Gasteiger partial charge in [-0.05, 0) is 25.7 Å². The third kappa shape index (κ3) is 23.8. The second-order valence-corrected chi connectivity index (χ2v) is 14.1. The highest BCUT2D eigenvalue weighted by atomic mass is 32.3. The van der Waals surface area contributed by atoms with E-state index in [9.17, 15) is 21.6 Å². The van der Waals surface area contributed by atoms with Gasteiger partial charge in [0.25, 0.3) is 11.0 Å². The Morgan fingerprint density at radius 2 is 0.897 bits per heavy atom. The van der Waals surface area contributed by atoms with E-state index in [1.165, 1.54) is 44.9 Å². The second kappa shape index (κ2) is 22.1. The van der Waals surface area contributed by atoms with Crippen LogP contribution in [0.1, 0.15) is 156 Å². The first-order chi connectivity index (χ1) is 18.3. The highest BCUT2D eigenvalue weighted by Crippen LogP contribution is 2.37. The molecule has 0 aliphatic rings. The van der Waals surface area contributed by atoms with E-state index in [-0.39, 0.29) is 17.4 Å². The summed E-state index contributed by atoms with van der Waals surface area (Å²) in [7, 11) is -7.01. The van der Waals surface area contributed by atoms with Crippen molar-refractivity contribution in [1.29, 1.82) is 0 Å². The minimum Gasteiger partial charge on any atom is -0.299 e. The maximum atomic E-state index is 13.3. The number of unbranched alkanes of at least 4 members (excludes halogenated alkanes) is 16. The quantitative estimate of drug-likeness (QED) is 0.0532. The van der Waals surface area contributed by atoms with E-state index in [0.29, 0.717) is 18.8 Å². The standard InChI is InChI=1S/C29H58O8S2/c1-28(2,23-19-15-11-7-5-9-13-17-21-25-36-38(31)32)27(30)29(3,4)24-20-16-12-8-6-10-14-18-22-26-37-39(33,34)35/h38H,5-26H2,1-4H3,(H,33,34,35). The van der Waals surface area contributed by atoms with Crippen LogP contribution in [-0.4, -0.2) is 40.4 Å². The second-order valence-electron chi connectivity index (χ2n) is 12.3. The fraction of sp³-hybridized carbons (Fsp3) is 0.966. The topological polar surface area (TPSA) is 124 Å². The molecule has 0 fully saturated rings. The number of carbonyl (C=O) groups is 1. The summed E-state index contributed by atoms with van der Waals surface area (Å²) in [6, 6.07) is 0. The molecule has 0 saturated carbocycles. The number of ketones is 1. The lowest BCUT2D eigenvalue weighted by atomic mass is 9.69.